The predicted molar refractivity (Wildman–Crippen MR) is 146 cm³/mol. The standard InChI is InChI=1S/C22H30N2O2S.C6H6O3S/c1-25-18-7-15-27-19(18)16-23-13-10-21(20-6-2-5-12-24-20)11-14-26-22(17-21)8-3-4-9-22;7-10(8,9)6-4-2-1-3-5-6/h2,5-7,12,15,23H,3-4,8-11,13-14,16-17H2,1H3;1-5H,(H,7,8,9)/t21-;/m1./s1. The van der Waals surface area contributed by atoms with E-state index in [2.05, 4.69) is 22.8 Å². The van der Waals surface area contributed by atoms with Crippen molar-refractivity contribution < 1.29 is 22.4 Å². The van der Waals surface area contributed by atoms with Gasteiger partial charge in [0.2, 0.25) is 0 Å². The number of ether oxygens (including phenoxy) is 2. The van der Waals surface area contributed by atoms with Crippen LogP contribution in [0.1, 0.15) is 55.5 Å². The molecule has 0 unspecified atom stereocenters. The van der Waals surface area contributed by atoms with Gasteiger partial charge >= 0.3 is 0 Å². The van der Waals surface area contributed by atoms with E-state index >= 15 is 0 Å². The summed E-state index contributed by atoms with van der Waals surface area (Å²) in [4.78, 5) is 5.98. The topological polar surface area (TPSA) is 97.8 Å². The fourth-order valence-electron chi connectivity index (χ4n) is 5.56. The third-order valence-electron chi connectivity index (χ3n) is 7.40. The van der Waals surface area contributed by atoms with Gasteiger partial charge in [-0.05, 0) is 74.4 Å². The van der Waals surface area contributed by atoms with E-state index in [1.54, 1.807) is 36.6 Å². The number of aromatic nitrogens is 1. The van der Waals surface area contributed by atoms with E-state index in [9.17, 15) is 8.42 Å². The van der Waals surface area contributed by atoms with E-state index in [0.29, 0.717) is 0 Å². The molecule has 37 heavy (non-hydrogen) atoms. The SMILES string of the molecule is COc1ccsc1CNCC[C@@]1(c2ccccn2)CCOC2(CCCC2)C1.O=S(=O)(O)c1ccccc1. The maximum Gasteiger partial charge on any atom is 0.294 e. The molecular formula is C28H36N2O5S2. The largest absolute Gasteiger partial charge is 0.496 e. The molecule has 1 atom stereocenters. The van der Waals surface area contributed by atoms with Gasteiger partial charge in [-0.2, -0.15) is 8.42 Å². The summed E-state index contributed by atoms with van der Waals surface area (Å²) in [5.41, 5.74) is 1.46. The van der Waals surface area contributed by atoms with Crippen molar-refractivity contribution in [2.75, 3.05) is 20.3 Å². The Hall–Kier alpha value is -2.30. The van der Waals surface area contributed by atoms with Gasteiger partial charge in [-0.15, -0.1) is 11.3 Å². The van der Waals surface area contributed by atoms with Crippen molar-refractivity contribution in [2.24, 2.45) is 0 Å². The van der Waals surface area contributed by atoms with Crippen molar-refractivity contribution >= 4 is 21.5 Å². The summed E-state index contributed by atoms with van der Waals surface area (Å²) < 4.78 is 41.0. The first-order valence-electron chi connectivity index (χ1n) is 12.8. The van der Waals surface area contributed by atoms with Crippen LogP contribution in [0.3, 0.4) is 0 Å². The first-order chi connectivity index (χ1) is 17.9. The summed E-state index contributed by atoms with van der Waals surface area (Å²) in [6.07, 6.45) is 10.2. The Balaban J connectivity index is 0.000000270. The number of methoxy groups -OCH3 is 1. The normalized spacial score (nSPS) is 20.8. The van der Waals surface area contributed by atoms with Crippen LogP contribution in [0.4, 0.5) is 0 Å². The monoisotopic (exact) mass is 544 g/mol. The molecule has 200 valence electrons. The highest BCUT2D eigenvalue weighted by atomic mass is 32.2. The lowest BCUT2D eigenvalue weighted by Gasteiger charge is -2.46. The molecule has 1 saturated heterocycles. The summed E-state index contributed by atoms with van der Waals surface area (Å²) in [6, 6.07) is 15.8. The lowest BCUT2D eigenvalue weighted by atomic mass is 9.68. The third-order valence-corrected chi connectivity index (χ3v) is 9.17. The van der Waals surface area contributed by atoms with Gasteiger partial charge in [-0.25, -0.2) is 0 Å². The smallest absolute Gasteiger partial charge is 0.294 e. The summed E-state index contributed by atoms with van der Waals surface area (Å²) in [5, 5.41) is 5.74. The van der Waals surface area contributed by atoms with Crippen LogP contribution in [-0.4, -0.2) is 43.8 Å². The van der Waals surface area contributed by atoms with Crippen LogP contribution in [0.5, 0.6) is 5.75 Å². The van der Waals surface area contributed by atoms with Crippen LogP contribution in [0.25, 0.3) is 0 Å². The zero-order chi connectivity index (χ0) is 26.2. The molecule has 2 aromatic heterocycles. The molecule has 1 aromatic carbocycles. The van der Waals surface area contributed by atoms with E-state index in [1.165, 1.54) is 48.4 Å². The molecule has 0 bridgehead atoms. The molecule has 7 nitrogen and oxygen atoms in total. The molecule has 9 heteroatoms. The minimum Gasteiger partial charge on any atom is -0.496 e. The van der Waals surface area contributed by atoms with Gasteiger partial charge in [-0.3, -0.25) is 9.54 Å². The molecule has 2 N–H and O–H groups in total. The molecular weight excluding hydrogens is 508 g/mol. The number of hydrogen-bond acceptors (Lipinski definition) is 7. The van der Waals surface area contributed by atoms with Crippen LogP contribution in [-0.2, 0) is 26.8 Å². The number of rotatable bonds is 8. The quantitative estimate of drug-likeness (QED) is 0.280. The first-order valence-corrected chi connectivity index (χ1v) is 15.1. The lowest BCUT2D eigenvalue weighted by molar-refractivity contribution is -0.104. The molecule has 0 amide bonds. The maximum absolute atomic E-state index is 10.4. The van der Waals surface area contributed by atoms with Crippen LogP contribution >= 0.6 is 11.3 Å². The second-order valence-electron chi connectivity index (χ2n) is 9.79. The zero-order valence-electron chi connectivity index (χ0n) is 21.3. The molecule has 3 aromatic rings. The van der Waals surface area contributed by atoms with Gasteiger partial charge < -0.3 is 14.8 Å². The van der Waals surface area contributed by atoms with Gasteiger partial charge in [0.05, 0.1) is 22.5 Å². The maximum atomic E-state index is 10.4. The Morgan fingerprint density at radius 1 is 1.08 bits per heavy atom. The average molecular weight is 545 g/mol. The highest BCUT2D eigenvalue weighted by Crippen LogP contribution is 2.49. The number of benzene rings is 1. The number of nitrogens with one attached hydrogen (secondary N) is 1. The van der Waals surface area contributed by atoms with Crippen molar-refractivity contribution in [2.45, 2.75) is 67.4 Å². The summed E-state index contributed by atoms with van der Waals surface area (Å²) in [6.45, 7) is 2.70. The number of hydrogen-bond donors (Lipinski definition) is 2. The van der Waals surface area contributed by atoms with Crippen molar-refractivity contribution in [1.82, 2.24) is 10.3 Å². The number of nitrogens with zero attached hydrogens (tertiary/aromatic N) is 1. The average Bonchev–Trinajstić information content (AvgIpc) is 3.57. The molecule has 5 rings (SSSR count). The van der Waals surface area contributed by atoms with Crippen molar-refractivity contribution in [3.05, 3.63) is 76.7 Å². The minimum absolute atomic E-state index is 0.0741. The molecule has 3 heterocycles. The number of pyridine rings is 1. The predicted octanol–water partition coefficient (Wildman–Crippen LogP) is 5.63. The summed E-state index contributed by atoms with van der Waals surface area (Å²) >= 11 is 1.75. The van der Waals surface area contributed by atoms with E-state index in [0.717, 1.165) is 44.7 Å². The summed E-state index contributed by atoms with van der Waals surface area (Å²) in [5.74, 6) is 0.989. The van der Waals surface area contributed by atoms with Crippen molar-refractivity contribution in [3.8, 4) is 5.75 Å². The van der Waals surface area contributed by atoms with Crippen LogP contribution in [0.15, 0.2) is 71.1 Å². The molecule has 1 aliphatic heterocycles. The van der Waals surface area contributed by atoms with Crippen LogP contribution < -0.4 is 10.1 Å². The number of thiophene rings is 1. The van der Waals surface area contributed by atoms with E-state index < -0.39 is 10.1 Å². The molecule has 1 aliphatic carbocycles. The Morgan fingerprint density at radius 3 is 2.49 bits per heavy atom. The van der Waals surface area contributed by atoms with Gasteiger partial charge in [-0.1, -0.05) is 37.1 Å². The van der Waals surface area contributed by atoms with E-state index in [1.807, 2.05) is 18.3 Å². The molecule has 0 radical (unpaired) electrons. The first kappa shape index (κ1) is 27.7. The minimum atomic E-state index is -4.00. The van der Waals surface area contributed by atoms with Gasteiger partial charge in [0.1, 0.15) is 5.75 Å². The second-order valence-corrected chi connectivity index (χ2v) is 12.2. The van der Waals surface area contributed by atoms with Crippen molar-refractivity contribution in [3.63, 3.8) is 0 Å². The Kier molecular flexibility index (Phi) is 9.36. The Labute approximate surface area is 224 Å². The fourth-order valence-corrected chi connectivity index (χ4v) is 6.87. The summed E-state index contributed by atoms with van der Waals surface area (Å²) in [7, 11) is -2.26. The highest BCUT2D eigenvalue weighted by Gasteiger charge is 2.48. The Bertz CT molecular complexity index is 1210. The second kappa shape index (κ2) is 12.5. The third kappa shape index (κ3) is 7.18. The van der Waals surface area contributed by atoms with Crippen molar-refractivity contribution in [1.29, 1.82) is 0 Å². The lowest BCUT2D eigenvalue weighted by Crippen LogP contribution is -2.47. The molecule has 1 saturated carbocycles. The molecule has 1 spiro atoms. The Morgan fingerprint density at radius 2 is 1.84 bits per heavy atom. The highest BCUT2D eigenvalue weighted by molar-refractivity contribution is 7.85. The van der Waals surface area contributed by atoms with Gasteiger partial charge in [0, 0.05) is 30.5 Å². The fraction of sp³-hybridized carbons (Fsp3) is 0.464. The van der Waals surface area contributed by atoms with E-state index in [-0.39, 0.29) is 15.9 Å². The van der Waals surface area contributed by atoms with Crippen LogP contribution in [0, 0.1) is 0 Å². The van der Waals surface area contributed by atoms with Gasteiger partial charge in [0.25, 0.3) is 10.1 Å². The van der Waals surface area contributed by atoms with Gasteiger partial charge in [0.15, 0.2) is 0 Å². The zero-order valence-corrected chi connectivity index (χ0v) is 22.9. The molecule has 2 fully saturated rings. The molecule has 2 aliphatic rings. The van der Waals surface area contributed by atoms with Crippen LogP contribution in [0.2, 0.25) is 0 Å². The van der Waals surface area contributed by atoms with E-state index in [4.69, 9.17) is 19.0 Å².